The van der Waals surface area contributed by atoms with Crippen LogP contribution in [0.5, 0.6) is 5.75 Å². The van der Waals surface area contributed by atoms with Crippen LogP contribution in [0.25, 0.3) is 0 Å². The zero-order valence-electron chi connectivity index (χ0n) is 8.60. The van der Waals surface area contributed by atoms with Crippen LogP contribution in [0.2, 0.25) is 0 Å². The van der Waals surface area contributed by atoms with E-state index >= 15 is 0 Å². The fourth-order valence-electron chi connectivity index (χ4n) is 1.28. The maximum Gasteiger partial charge on any atom is 0.294 e. The van der Waals surface area contributed by atoms with Gasteiger partial charge in [0.1, 0.15) is 5.75 Å². The van der Waals surface area contributed by atoms with Crippen molar-refractivity contribution in [2.45, 2.75) is 6.92 Å². The van der Waals surface area contributed by atoms with E-state index in [1.165, 1.54) is 12.3 Å². The van der Waals surface area contributed by atoms with Gasteiger partial charge in [-0.2, -0.15) is 0 Å². The highest BCUT2D eigenvalue weighted by Gasteiger charge is 2.11. The van der Waals surface area contributed by atoms with Crippen LogP contribution in [0.1, 0.15) is 16.1 Å². The number of phenolic OH excluding ortho intramolecular Hbond substituents is 1. The van der Waals surface area contributed by atoms with Gasteiger partial charge in [-0.25, -0.2) is 0 Å². The van der Waals surface area contributed by atoms with Gasteiger partial charge in [-0.15, -0.1) is 0 Å². The van der Waals surface area contributed by atoms with Gasteiger partial charge in [0.05, 0.1) is 6.20 Å². The van der Waals surface area contributed by atoms with Crippen molar-refractivity contribution in [3.05, 3.63) is 41.8 Å². The van der Waals surface area contributed by atoms with Crippen LogP contribution in [0.4, 0.5) is 5.69 Å². The van der Waals surface area contributed by atoms with Crippen molar-refractivity contribution in [1.82, 2.24) is 5.16 Å². The predicted molar refractivity (Wildman–Crippen MR) is 57.3 cm³/mol. The van der Waals surface area contributed by atoms with E-state index in [0.29, 0.717) is 11.3 Å². The second-order valence-corrected chi connectivity index (χ2v) is 3.28. The van der Waals surface area contributed by atoms with Gasteiger partial charge in [0, 0.05) is 17.3 Å². The molecule has 0 aliphatic rings. The maximum absolute atomic E-state index is 11.6. The van der Waals surface area contributed by atoms with Gasteiger partial charge in [-0.05, 0) is 19.1 Å². The van der Waals surface area contributed by atoms with Gasteiger partial charge in [-0.3, -0.25) is 4.79 Å². The molecule has 1 aromatic heterocycles. The van der Waals surface area contributed by atoms with Crippen molar-refractivity contribution >= 4 is 11.6 Å². The fraction of sp³-hybridized carbons (Fsp3) is 0.0909. The monoisotopic (exact) mass is 218 g/mol. The molecule has 0 aliphatic heterocycles. The Kier molecular flexibility index (Phi) is 2.59. The summed E-state index contributed by atoms with van der Waals surface area (Å²) in [6.07, 6.45) is 1.39. The Labute approximate surface area is 91.7 Å². The van der Waals surface area contributed by atoms with Crippen molar-refractivity contribution in [3.8, 4) is 5.75 Å². The van der Waals surface area contributed by atoms with E-state index in [1.54, 1.807) is 25.1 Å². The van der Waals surface area contributed by atoms with Crippen LogP contribution < -0.4 is 5.32 Å². The van der Waals surface area contributed by atoms with E-state index in [-0.39, 0.29) is 11.5 Å². The van der Waals surface area contributed by atoms with E-state index < -0.39 is 5.91 Å². The first-order valence-electron chi connectivity index (χ1n) is 4.69. The molecule has 0 atom stereocenters. The van der Waals surface area contributed by atoms with Crippen LogP contribution in [0.15, 0.2) is 35.0 Å². The summed E-state index contributed by atoms with van der Waals surface area (Å²) in [6, 6.07) is 6.37. The van der Waals surface area contributed by atoms with Crippen LogP contribution >= 0.6 is 0 Å². The number of nitrogens with one attached hydrogen (secondary N) is 1. The number of amides is 1. The second-order valence-electron chi connectivity index (χ2n) is 3.28. The Balaban J connectivity index is 2.22. The summed E-state index contributed by atoms with van der Waals surface area (Å²) in [6.45, 7) is 1.71. The summed E-state index contributed by atoms with van der Waals surface area (Å²) in [5.74, 6) is -0.135. The minimum absolute atomic E-state index is 0.128. The molecule has 1 aromatic carbocycles. The largest absolute Gasteiger partial charge is 0.508 e. The Morgan fingerprint density at radius 3 is 2.94 bits per heavy atom. The predicted octanol–water partition coefficient (Wildman–Crippen LogP) is 1.94. The minimum atomic E-state index is -0.397. The summed E-state index contributed by atoms with van der Waals surface area (Å²) >= 11 is 0. The number of benzene rings is 1. The summed E-state index contributed by atoms with van der Waals surface area (Å²) in [7, 11) is 0. The number of carbonyl (C=O) groups is 1. The molecule has 2 N–H and O–H groups in total. The van der Waals surface area contributed by atoms with Crippen molar-refractivity contribution in [1.29, 1.82) is 0 Å². The Morgan fingerprint density at radius 1 is 1.44 bits per heavy atom. The van der Waals surface area contributed by atoms with E-state index in [4.69, 9.17) is 4.52 Å². The van der Waals surface area contributed by atoms with Gasteiger partial charge in [-0.1, -0.05) is 11.2 Å². The highest BCUT2D eigenvalue weighted by molar-refractivity contribution is 6.02. The molecule has 0 saturated heterocycles. The first-order chi connectivity index (χ1) is 7.68. The topological polar surface area (TPSA) is 75.4 Å². The molecule has 0 unspecified atom stereocenters. The molecule has 2 aromatic rings. The second kappa shape index (κ2) is 4.06. The quantitative estimate of drug-likeness (QED) is 0.807. The number of nitrogens with zero attached hydrogens (tertiary/aromatic N) is 1. The molecule has 16 heavy (non-hydrogen) atoms. The zero-order chi connectivity index (χ0) is 11.5. The van der Waals surface area contributed by atoms with E-state index in [1.807, 2.05) is 0 Å². The average molecular weight is 218 g/mol. The smallest absolute Gasteiger partial charge is 0.294 e. The summed E-state index contributed by atoms with van der Waals surface area (Å²) in [5, 5.41) is 15.5. The van der Waals surface area contributed by atoms with Crippen LogP contribution in [0, 0.1) is 6.92 Å². The Bertz CT molecular complexity index is 506. The SMILES string of the molecule is Cc1c(O)cccc1NC(=O)c1ccno1. The van der Waals surface area contributed by atoms with Gasteiger partial charge < -0.3 is 14.9 Å². The maximum atomic E-state index is 11.6. The third-order valence-corrected chi connectivity index (χ3v) is 2.22. The average Bonchev–Trinajstić information content (AvgIpc) is 2.78. The number of aromatic hydroxyl groups is 1. The van der Waals surface area contributed by atoms with Crippen molar-refractivity contribution in [2.24, 2.45) is 0 Å². The highest BCUT2D eigenvalue weighted by atomic mass is 16.5. The highest BCUT2D eigenvalue weighted by Crippen LogP contribution is 2.24. The zero-order valence-corrected chi connectivity index (χ0v) is 8.60. The number of carbonyl (C=O) groups excluding carboxylic acids is 1. The van der Waals surface area contributed by atoms with Crippen molar-refractivity contribution < 1.29 is 14.4 Å². The number of phenols is 1. The summed E-state index contributed by atoms with van der Waals surface area (Å²) in [5.41, 5.74) is 1.15. The molecule has 1 amide bonds. The summed E-state index contributed by atoms with van der Waals surface area (Å²) < 4.78 is 4.71. The number of aromatic nitrogens is 1. The van der Waals surface area contributed by atoms with Gasteiger partial charge >= 0.3 is 0 Å². The van der Waals surface area contributed by atoms with Crippen LogP contribution in [-0.2, 0) is 0 Å². The van der Waals surface area contributed by atoms with Crippen LogP contribution in [-0.4, -0.2) is 16.2 Å². The van der Waals surface area contributed by atoms with E-state index in [0.717, 1.165) is 0 Å². The molecular formula is C11H10N2O3. The van der Waals surface area contributed by atoms with Gasteiger partial charge in [0.15, 0.2) is 0 Å². The molecule has 0 fully saturated rings. The lowest BCUT2D eigenvalue weighted by atomic mass is 10.2. The third kappa shape index (κ3) is 1.88. The fourth-order valence-corrected chi connectivity index (χ4v) is 1.28. The number of anilines is 1. The number of hydrogen-bond acceptors (Lipinski definition) is 4. The molecule has 0 bridgehead atoms. The molecule has 5 heteroatoms. The lowest BCUT2D eigenvalue weighted by Crippen LogP contribution is -2.11. The number of hydrogen-bond donors (Lipinski definition) is 2. The standard InChI is InChI=1S/C11H10N2O3/c1-7-8(3-2-4-9(7)14)13-11(15)10-5-6-12-16-10/h2-6,14H,1H3,(H,13,15). The van der Waals surface area contributed by atoms with Gasteiger partial charge in [0.25, 0.3) is 5.91 Å². The third-order valence-electron chi connectivity index (χ3n) is 2.22. The van der Waals surface area contributed by atoms with Crippen molar-refractivity contribution in [3.63, 3.8) is 0 Å². The van der Waals surface area contributed by atoms with E-state index in [9.17, 15) is 9.90 Å². The van der Waals surface area contributed by atoms with Crippen LogP contribution in [0.3, 0.4) is 0 Å². The molecule has 0 spiro atoms. The molecule has 0 aliphatic carbocycles. The molecule has 5 nitrogen and oxygen atoms in total. The Morgan fingerprint density at radius 2 is 2.25 bits per heavy atom. The Hall–Kier alpha value is -2.30. The molecule has 1 heterocycles. The molecule has 2 rings (SSSR count). The lowest BCUT2D eigenvalue weighted by molar-refractivity contribution is 0.0988. The normalized spacial score (nSPS) is 10.1. The summed E-state index contributed by atoms with van der Waals surface area (Å²) in [4.78, 5) is 11.6. The van der Waals surface area contributed by atoms with E-state index in [2.05, 4.69) is 10.5 Å². The molecular weight excluding hydrogens is 208 g/mol. The molecule has 0 saturated carbocycles. The van der Waals surface area contributed by atoms with Crippen molar-refractivity contribution in [2.75, 3.05) is 5.32 Å². The lowest BCUT2D eigenvalue weighted by Gasteiger charge is -2.07. The first kappa shape index (κ1) is 10.2. The molecule has 0 radical (unpaired) electrons. The van der Waals surface area contributed by atoms with Gasteiger partial charge in [0.2, 0.25) is 5.76 Å². The first-order valence-corrected chi connectivity index (χ1v) is 4.69. The molecule has 82 valence electrons. The number of rotatable bonds is 2. The minimum Gasteiger partial charge on any atom is -0.508 e.